The molecule has 1 fully saturated rings. The lowest BCUT2D eigenvalue weighted by Gasteiger charge is -2.44. The number of carbonyl (C=O) groups is 1. The van der Waals surface area contributed by atoms with Crippen LogP contribution in [0.5, 0.6) is 0 Å². The van der Waals surface area contributed by atoms with Gasteiger partial charge in [-0.3, -0.25) is 0 Å². The molecular weight excluding hydrogens is 310 g/mol. The molecule has 0 aliphatic heterocycles. The maximum atomic E-state index is 12.6. The summed E-state index contributed by atoms with van der Waals surface area (Å²) in [5, 5.41) is 0. The van der Waals surface area contributed by atoms with Gasteiger partial charge in [0.25, 0.3) is 0 Å². The third kappa shape index (κ3) is 6.00. The summed E-state index contributed by atoms with van der Waals surface area (Å²) in [5.41, 5.74) is 0.729. The monoisotopic (exact) mass is 343 g/mol. The first kappa shape index (κ1) is 19.7. The molecule has 25 heavy (non-hydrogen) atoms. The molecule has 2 unspecified atom stereocenters. The van der Waals surface area contributed by atoms with Gasteiger partial charge in [-0.2, -0.15) is 0 Å². The normalized spacial score (nSPS) is 23.9. The second-order valence-corrected chi connectivity index (χ2v) is 7.54. The summed E-state index contributed by atoms with van der Waals surface area (Å²) in [7, 11) is 4.21. The molecule has 0 heterocycles. The number of rotatable bonds is 8. The quantitative estimate of drug-likeness (QED) is 0.495. The van der Waals surface area contributed by atoms with Crippen LogP contribution in [0, 0.1) is 5.92 Å². The van der Waals surface area contributed by atoms with Gasteiger partial charge in [0.2, 0.25) is 0 Å². The van der Waals surface area contributed by atoms with E-state index in [0.717, 1.165) is 50.6 Å². The maximum Gasteiger partial charge on any atom is 0.331 e. The first-order valence-electron chi connectivity index (χ1n) is 9.66. The Bertz CT molecular complexity index is 552. The van der Waals surface area contributed by atoms with Gasteiger partial charge >= 0.3 is 5.97 Å². The molecule has 3 nitrogen and oxygen atoms in total. The topological polar surface area (TPSA) is 29.5 Å². The van der Waals surface area contributed by atoms with Crippen LogP contribution in [0.4, 0.5) is 0 Å². The Morgan fingerprint density at radius 2 is 2.04 bits per heavy atom. The molecule has 0 bridgehead atoms. The van der Waals surface area contributed by atoms with Gasteiger partial charge in [-0.1, -0.05) is 50.1 Å². The van der Waals surface area contributed by atoms with Crippen LogP contribution >= 0.6 is 0 Å². The number of hydrogen-bond donors (Lipinski definition) is 0. The van der Waals surface area contributed by atoms with Crippen molar-refractivity contribution in [2.45, 2.75) is 57.5 Å². The summed E-state index contributed by atoms with van der Waals surface area (Å²) < 4.78 is 6.16. The number of carbonyl (C=O) groups excluding carboxylic acids is 1. The number of esters is 1. The van der Waals surface area contributed by atoms with Crippen LogP contribution in [0.3, 0.4) is 0 Å². The zero-order chi connectivity index (χ0) is 18.1. The molecule has 0 spiro atoms. The average Bonchev–Trinajstić information content (AvgIpc) is 2.61. The van der Waals surface area contributed by atoms with Crippen molar-refractivity contribution >= 4 is 12.0 Å². The summed E-state index contributed by atoms with van der Waals surface area (Å²) in [6.45, 7) is 3.19. The Hall–Kier alpha value is -1.61. The first-order valence-corrected chi connectivity index (χ1v) is 9.66. The van der Waals surface area contributed by atoms with Crippen molar-refractivity contribution in [2.24, 2.45) is 5.92 Å². The third-order valence-corrected chi connectivity index (χ3v) is 5.20. The number of nitrogens with zero attached hydrogens (tertiary/aromatic N) is 1. The lowest BCUT2D eigenvalue weighted by Crippen LogP contribution is -2.48. The highest BCUT2D eigenvalue weighted by molar-refractivity contribution is 5.87. The molecule has 0 N–H and O–H groups in total. The molecule has 0 aromatic heterocycles. The van der Waals surface area contributed by atoms with Crippen molar-refractivity contribution in [2.75, 3.05) is 20.6 Å². The van der Waals surface area contributed by atoms with Crippen molar-refractivity contribution < 1.29 is 9.53 Å². The van der Waals surface area contributed by atoms with Crippen molar-refractivity contribution in [3.63, 3.8) is 0 Å². The Morgan fingerprint density at radius 1 is 1.28 bits per heavy atom. The Labute approximate surface area is 153 Å². The molecule has 1 aromatic carbocycles. The molecule has 0 saturated heterocycles. The lowest BCUT2D eigenvalue weighted by molar-refractivity contribution is -0.167. The minimum absolute atomic E-state index is 0.203. The second kappa shape index (κ2) is 9.76. The van der Waals surface area contributed by atoms with E-state index in [-0.39, 0.29) is 11.6 Å². The van der Waals surface area contributed by atoms with Gasteiger partial charge in [-0.15, -0.1) is 0 Å². The summed E-state index contributed by atoms with van der Waals surface area (Å²) in [4.78, 5) is 14.8. The molecule has 1 saturated carbocycles. The first-order chi connectivity index (χ1) is 12.1. The zero-order valence-corrected chi connectivity index (χ0v) is 16.0. The van der Waals surface area contributed by atoms with E-state index >= 15 is 0 Å². The summed E-state index contributed by atoms with van der Waals surface area (Å²) >= 11 is 0. The maximum absolute atomic E-state index is 12.6. The van der Waals surface area contributed by atoms with Crippen LogP contribution in [-0.4, -0.2) is 37.1 Å². The molecule has 1 aliphatic rings. The standard InChI is InChI=1S/C22H33NO2/c1-4-5-16-22(17-10-9-13-20(22)18-23(2)3)25-21(24)15-14-19-11-7-6-8-12-19/h6-8,11-12,14-15,20H,4-5,9-10,13,16-18H2,1-3H3/b15-14+. The molecule has 1 aliphatic carbocycles. The van der Waals surface area contributed by atoms with E-state index in [2.05, 4.69) is 25.9 Å². The van der Waals surface area contributed by atoms with Gasteiger partial charge < -0.3 is 9.64 Å². The molecular formula is C22H33NO2. The van der Waals surface area contributed by atoms with Crippen LogP contribution < -0.4 is 0 Å². The van der Waals surface area contributed by atoms with E-state index in [0.29, 0.717) is 5.92 Å². The lowest BCUT2D eigenvalue weighted by atomic mass is 9.72. The zero-order valence-electron chi connectivity index (χ0n) is 16.0. The molecule has 138 valence electrons. The number of ether oxygens (including phenoxy) is 1. The highest BCUT2D eigenvalue weighted by atomic mass is 16.6. The fourth-order valence-corrected chi connectivity index (χ4v) is 3.93. The Balaban J connectivity index is 2.11. The second-order valence-electron chi connectivity index (χ2n) is 7.54. The minimum atomic E-state index is -0.295. The van der Waals surface area contributed by atoms with Crippen molar-refractivity contribution in [1.29, 1.82) is 0 Å². The summed E-state index contributed by atoms with van der Waals surface area (Å²) in [6.07, 6.45) is 11.2. The average molecular weight is 344 g/mol. The Morgan fingerprint density at radius 3 is 2.72 bits per heavy atom. The number of unbranched alkanes of at least 4 members (excludes halogenated alkanes) is 1. The third-order valence-electron chi connectivity index (χ3n) is 5.20. The fraction of sp³-hybridized carbons (Fsp3) is 0.591. The van der Waals surface area contributed by atoms with Gasteiger partial charge in [0.15, 0.2) is 0 Å². The van der Waals surface area contributed by atoms with Crippen LogP contribution in [0.25, 0.3) is 6.08 Å². The van der Waals surface area contributed by atoms with Gasteiger partial charge in [-0.05, 0) is 57.8 Å². The predicted octanol–water partition coefficient (Wildman–Crippen LogP) is 4.92. The van der Waals surface area contributed by atoms with Gasteiger partial charge in [-0.25, -0.2) is 4.79 Å². The SMILES string of the molecule is CCCCC1(OC(=O)/C=C/c2ccccc2)CCCCC1CN(C)C. The molecule has 3 heteroatoms. The number of benzene rings is 1. The van der Waals surface area contributed by atoms with Crippen LogP contribution in [-0.2, 0) is 9.53 Å². The summed E-state index contributed by atoms with van der Waals surface area (Å²) in [5.74, 6) is 0.225. The van der Waals surface area contributed by atoms with Crippen molar-refractivity contribution in [3.05, 3.63) is 42.0 Å². The van der Waals surface area contributed by atoms with E-state index in [1.807, 2.05) is 36.4 Å². The van der Waals surface area contributed by atoms with Gasteiger partial charge in [0.05, 0.1) is 0 Å². The molecule has 2 atom stereocenters. The van der Waals surface area contributed by atoms with Crippen molar-refractivity contribution in [1.82, 2.24) is 4.90 Å². The van der Waals surface area contributed by atoms with Crippen LogP contribution in [0.1, 0.15) is 57.4 Å². The van der Waals surface area contributed by atoms with Crippen LogP contribution in [0.15, 0.2) is 36.4 Å². The molecule has 2 rings (SSSR count). The van der Waals surface area contributed by atoms with Crippen molar-refractivity contribution in [3.8, 4) is 0 Å². The predicted molar refractivity (Wildman–Crippen MR) is 104 cm³/mol. The molecule has 0 amide bonds. The van der Waals surface area contributed by atoms with E-state index < -0.39 is 0 Å². The number of hydrogen-bond acceptors (Lipinski definition) is 3. The minimum Gasteiger partial charge on any atom is -0.456 e. The van der Waals surface area contributed by atoms with E-state index in [9.17, 15) is 4.79 Å². The Kier molecular flexibility index (Phi) is 7.70. The van der Waals surface area contributed by atoms with Gasteiger partial charge in [0.1, 0.15) is 5.60 Å². The van der Waals surface area contributed by atoms with Crippen LogP contribution in [0.2, 0.25) is 0 Å². The van der Waals surface area contributed by atoms with E-state index in [4.69, 9.17) is 4.74 Å². The molecule has 1 aromatic rings. The highest BCUT2D eigenvalue weighted by Gasteiger charge is 2.43. The molecule has 0 radical (unpaired) electrons. The largest absolute Gasteiger partial charge is 0.456 e. The smallest absolute Gasteiger partial charge is 0.331 e. The fourth-order valence-electron chi connectivity index (χ4n) is 3.93. The van der Waals surface area contributed by atoms with Gasteiger partial charge in [0, 0.05) is 18.5 Å². The highest BCUT2D eigenvalue weighted by Crippen LogP contribution is 2.41. The summed E-state index contributed by atoms with van der Waals surface area (Å²) in [6, 6.07) is 9.91. The van der Waals surface area contributed by atoms with E-state index in [1.54, 1.807) is 6.08 Å². The van der Waals surface area contributed by atoms with E-state index in [1.165, 1.54) is 6.42 Å².